The van der Waals surface area contributed by atoms with E-state index >= 15 is 0 Å². The van der Waals surface area contributed by atoms with Crippen LogP contribution in [0.15, 0.2) is 29.3 Å². The lowest BCUT2D eigenvalue weighted by atomic mass is 10.2. The number of nitrogens with one attached hydrogen (secondary N) is 1. The van der Waals surface area contributed by atoms with E-state index in [1.807, 2.05) is 19.9 Å². The Hall–Kier alpha value is -1.58. The van der Waals surface area contributed by atoms with Crippen molar-refractivity contribution in [3.8, 4) is 0 Å². The Kier molecular flexibility index (Phi) is 4.09. The Labute approximate surface area is 89.2 Å². The lowest BCUT2D eigenvalue weighted by molar-refractivity contribution is 0.625. The van der Waals surface area contributed by atoms with Gasteiger partial charge in [-0.3, -0.25) is 0 Å². The number of rotatable bonds is 3. The molecule has 0 saturated carbocycles. The van der Waals surface area contributed by atoms with Gasteiger partial charge in [0.2, 0.25) is 0 Å². The van der Waals surface area contributed by atoms with E-state index in [2.05, 4.69) is 10.3 Å². The Morgan fingerprint density at radius 1 is 1.53 bits per heavy atom. The first-order valence-corrected chi connectivity index (χ1v) is 4.89. The van der Waals surface area contributed by atoms with Crippen molar-refractivity contribution in [2.45, 2.75) is 26.4 Å². The summed E-state index contributed by atoms with van der Waals surface area (Å²) in [6, 6.07) is 6.58. The van der Waals surface area contributed by atoms with E-state index in [0.29, 0.717) is 12.5 Å². The molecule has 0 spiro atoms. The van der Waals surface area contributed by atoms with Gasteiger partial charge in [-0.05, 0) is 31.5 Å². The normalized spacial score (nSPS) is 11.9. The summed E-state index contributed by atoms with van der Waals surface area (Å²) < 4.78 is 12.8. The van der Waals surface area contributed by atoms with E-state index in [0.717, 1.165) is 5.56 Å². The molecule has 3 N–H and O–H groups in total. The van der Waals surface area contributed by atoms with Crippen molar-refractivity contribution >= 4 is 5.96 Å². The summed E-state index contributed by atoms with van der Waals surface area (Å²) in [6.07, 6.45) is 0. The van der Waals surface area contributed by atoms with Crippen LogP contribution in [0, 0.1) is 5.82 Å². The van der Waals surface area contributed by atoms with Gasteiger partial charge in [-0.2, -0.15) is 0 Å². The highest BCUT2D eigenvalue weighted by Gasteiger charge is 1.96. The molecule has 4 heteroatoms. The zero-order valence-corrected chi connectivity index (χ0v) is 9.00. The van der Waals surface area contributed by atoms with Gasteiger partial charge in [0.25, 0.3) is 0 Å². The van der Waals surface area contributed by atoms with Gasteiger partial charge in [-0.1, -0.05) is 12.1 Å². The fourth-order valence-corrected chi connectivity index (χ4v) is 1.15. The predicted molar refractivity (Wildman–Crippen MR) is 60.0 cm³/mol. The van der Waals surface area contributed by atoms with Crippen LogP contribution in [0.3, 0.4) is 0 Å². The standard InChI is InChI=1S/C11H16FN3/c1-8(2)15-11(13)14-7-9-4-3-5-10(12)6-9/h3-6,8H,7H2,1-2H3,(H3,13,14,15). The summed E-state index contributed by atoms with van der Waals surface area (Å²) in [5.41, 5.74) is 6.41. The van der Waals surface area contributed by atoms with Crippen LogP contribution in [-0.2, 0) is 6.54 Å². The summed E-state index contributed by atoms with van der Waals surface area (Å²) in [4.78, 5) is 4.09. The maximum atomic E-state index is 12.8. The minimum Gasteiger partial charge on any atom is -0.370 e. The molecule has 0 radical (unpaired) electrons. The molecule has 82 valence electrons. The molecule has 0 aliphatic rings. The second kappa shape index (κ2) is 5.34. The third-order valence-corrected chi connectivity index (χ3v) is 1.76. The zero-order chi connectivity index (χ0) is 11.3. The largest absolute Gasteiger partial charge is 0.370 e. The molecule has 0 saturated heterocycles. The van der Waals surface area contributed by atoms with E-state index in [1.54, 1.807) is 6.07 Å². The second-order valence-corrected chi connectivity index (χ2v) is 3.63. The number of hydrogen-bond donors (Lipinski definition) is 2. The first-order chi connectivity index (χ1) is 7.08. The van der Waals surface area contributed by atoms with Crippen LogP contribution in [0.4, 0.5) is 4.39 Å². The highest BCUT2D eigenvalue weighted by atomic mass is 19.1. The lowest BCUT2D eigenvalue weighted by Gasteiger charge is -2.08. The monoisotopic (exact) mass is 209 g/mol. The molecule has 0 fully saturated rings. The zero-order valence-electron chi connectivity index (χ0n) is 9.00. The smallest absolute Gasteiger partial charge is 0.189 e. The molecule has 0 bridgehead atoms. The molecular weight excluding hydrogens is 193 g/mol. The first kappa shape index (κ1) is 11.5. The SMILES string of the molecule is CC(C)NC(N)=NCc1cccc(F)c1. The number of benzene rings is 1. The molecule has 0 heterocycles. The molecular formula is C11H16FN3. The van der Waals surface area contributed by atoms with Crippen LogP contribution < -0.4 is 11.1 Å². The van der Waals surface area contributed by atoms with Gasteiger partial charge in [0.15, 0.2) is 5.96 Å². The molecule has 1 aromatic carbocycles. The van der Waals surface area contributed by atoms with Crippen LogP contribution in [0.1, 0.15) is 19.4 Å². The Morgan fingerprint density at radius 2 is 2.27 bits per heavy atom. The van der Waals surface area contributed by atoms with Gasteiger partial charge in [-0.15, -0.1) is 0 Å². The molecule has 1 rings (SSSR count). The number of guanidine groups is 1. The second-order valence-electron chi connectivity index (χ2n) is 3.63. The number of hydrogen-bond acceptors (Lipinski definition) is 1. The van der Waals surface area contributed by atoms with Crippen LogP contribution in [0.2, 0.25) is 0 Å². The van der Waals surface area contributed by atoms with E-state index in [-0.39, 0.29) is 11.9 Å². The molecule has 0 aliphatic heterocycles. The highest BCUT2D eigenvalue weighted by Crippen LogP contribution is 2.04. The fraction of sp³-hybridized carbons (Fsp3) is 0.364. The van der Waals surface area contributed by atoms with Crippen LogP contribution in [-0.4, -0.2) is 12.0 Å². The van der Waals surface area contributed by atoms with E-state index in [9.17, 15) is 4.39 Å². The van der Waals surface area contributed by atoms with Gasteiger partial charge in [0, 0.05) is 6.04 Å². The average Bonchev–Trinajstić information content (AvgIpc) is 2.14. The summed E-state index contributed by atoms with van der Waals surface area (Å²) >= 11 is 0. The molecule has 0 amide bonds. The number of halogens is 1. The first-order valence-electron chi connectivity index (χ1n) is 4.89. The number of aliphatic imine (C=N–C) groups is 1. The summed E-state index contributed by atoms with van der Waals surface area (Å²) in [7, 11) is 0. The average molecular weight is 209 g/mol. The van der Waals surface area contributed by atoms with Gasteiger partial charge in [0.1, 0.15) is 5.82 Å². The third kappa shape index (κ3) is 4.44. The molecule has 0 atom stereocenters. The summed E-state index contributed by atoms with van der Waals surface area (Å²) in [5, 5.41) is 2.96. The minimum atomic E-state index is -0.252. The van der Waals surface area contributed by atoms with Crippen LogP contribution >= 0.6 is 0 Å². The summed E-state index contributed by atoms with van der Waals surface area (Å²) in [6.45, 7) is 4.35. The molecule has 1 aromatic rings. The van der Waals surface area contributed by atoms with E-state index in [4.69, 9.17) is 5.73 Å². The van der Waals surface area contributed by atoms with Gasteiger partial charge >= 0.3 is 0 Å². The van der Waals surface area contributed by atoms with Crippen molar-refractivity contribution in [1.82, 2.24) is 5.32 Å². The maximum absolute atomic E-state index is 12.8. The number of nitrogens with two attached hydrogens (primary N) is 1. The van der Waals surface area contributed by atoms with Crippen LogP contribution in [0.25, 0.3) is 0 Å². The quantitative estimate of drug-likeness (QED) is 0.587. The van der Waals surface area contributed by atoms with E-state index in [1.165, 1.54) is 12.1 Å². The Bertz CT molecular complexity index is 347. The number of nitrogens with zero attached hydrogens (tertiary/aromatic N) is 1. The maximum Gasteiger partial charge on any atom is 0.189 e. The van der Waals surface area contributed by atoms with Crippen LogP contribution in [0.5, 0.6) is 0 Å². The lowest BCUT2D eigenvalue weighted by Crippen LogP contribution is -2.36. The minimum absolute atomic E-state index is 0.251. The summed E-state index contributed by atoms with van der Waals surface area (Å²) in [5.74, 6) is 0.132. The third-order valence-electron chi connectivity index (χ3n) is 1.76. The fourth-order valence-electron chi connectivity index (χ4n) is 1.15. The van der Waals surface area contributed by atoms with E-state index < -0.39 is 0 Å². The highest BCUT2D eigenvalue weighted by molar-refractivity contribution is 5.78. The van der Waals surface area contributed by atoms with Gasteiger partial charge < -0.3 is 11.1 Å². The molecule has 0 aliphatic carbocycles. The topological polar surface area (TPSA) is 50.4 Å². The molecule has 15 heavy (non-hydrogen) atoms. The Balaban J connectivity index is 2.56. The van der Waals surface area contributed by atoms with Gasteiger partial charge in [0.05, 0.1) is 6.54 Å². The molecule has 0 aromatic heterocycles. The molecule has 0 unspecified atom stereocenters. The predicted octanol–water partition coefficient (Wildman–Crippen LogP) is 1.64. The van der Waals surface area contributed by atoms with Crippen molar-refractivity contribution in [1.29, 1.82) is 0 Å². The van der Waals surface area contributed by atoms with Crippen molar-refractivity contribution in [3.05, 3.63) is 35.6 Å². The van der Waals surface area contributed by atoms with Crippen molar-refractivity contribution < 1.29 is 4.39 Å². The van der Waals surface area contributed by atoms with Gasteiger partial charge in [-0.25, -0.2) is 9.38 Å². The van der Waals surface area contributed by atoms with Crippen molar-refractivity contribution in [2.75, 3.05) is 0 Å². The van der Waals surface area contributed by atoms with Crippen molar-refractivity contribution in [3.63, 3.8) is 0 Å². The van der Waals surface area contributed by atoms with Crippen molar-refractivity contribution in [2.24, 2.45) is 10.7 Å². The Morgan fingerprint density at radius 3 is 2.87 bits per heavy atom. The molecule has 3 nitrogen and oxygen atoms in total.